The molecule has 1 heterocycles. The molecule has 0 aromatic carbocycles. The summed E-state index contributed by atoms with van der Waals surface area (Å²) in [6.45, 7) is 0. The number of carbonyl (C=O) groups is 3. The maximum absolute atomic E-state index is 11.1. The van der Waals surface area contributed by atoms with Crippen LogP contribution in [0.15, 0.2) is 12.2 Å². The van der Waals surface area contributed by atoms with Crippen LogP contribution in [0.3, 0.4) is 0 Å². The highest BCUT2D eigenvalue weighted by atomic mass is 16.2. The third-order valence-electron chi connectivity index (χ3n) is 1.38. The van der Waals surface area contributed by atoms with Crippen LogP contribution in [0.25, 0.3) is 0 Å². The zero-order valence-electron chi connectivity index (χ0n) is 6.77. The fourth-order valence-electron chi connectivity index (χ4n) is 0.789. The van der Waals surface area contributed by atoms with E-state index in [1.165, 1.54) is 19.0 Å². The summed E-state index contributed by atoms with van der Waals surface area (Å²) in [5, 5.41) is 0. The lowest BCUT2D eigenvalue weighted by atomic mass is 10.6. The molecule has 1 rings (SSSR count). The van der Waals surface area contributed by atoms with E-state index in [-0.39, 0.29) is 0 Å². The molecule has 64 valence electrons. The SMILES string of the molecule is CN(C)C(=O)N1C(=O)C=CC1=O. The van der Waals surface area contributed by atoms with Gasteiger partial charge < -0.3 is 4.90 Å². The van der Waals surface area contributed by atoms with E-state index in [0.29, 0.717) is 4.90 Å². The number of amides is 4. The Bertz CT molecular complexity index is 262. The summed E-state index contributed by atoms with van der Waals surface area (Å²) in [5.74, 6) is -1.17. The van der Waals surface area contributed by atoms with E-state index < -0.39 is 17.8 Å². The van der Waals surface area contributed by atoms with E-state index in [4.69, 9.17) is 0 Å². The van der Waals surface area contributed by atoms with E-state index in [0.717, 1.165) is 12.2 Å². The number of hydrogen-bond acceptors (Lipinski definition) is 3. The van der Waals surface area contributed by atoms with Crippen LogP contribution < -0.4 is 0 Å². The molecule has 4 amide bonds. The maximum atomic E-state index is 11.1. The third kappa shape index (κ3) is 1.20. The van der Waals surface area contributed by atoms with Gasteiger partial charge in [0.2, 0.25) is 0 Å². The first-order chi connectivity index (χ1) is 5.54. The Hall–Kier alpha value is -1.65. The minimum atomic E-state index is -0.616. The van der Waals surface area contributed by atoms with Crippen molar-refractivity contribution < 1.29 is 14.4 Å². The molecule has 0 saturated heterocycles. The number of carbonyl (C=O) groups excluding carboxylic acids is 3. The second kappa shape index (κ2) is 2.77. The lowest BCUT2D eigenvalue weighted by molar-refractivity contribution is -0.133. The molecule has 0 radical (unpaired) electrons. The zero-order valence-corrected chi connectivity index (χ0v) is 6.77. The van der Waals surface area contributed by atoms with Gasteiger partial charge in [0, 0.05) is 26.2 Å². The number of nitrogens with zero attached hydrogens (tertiary/aromatic N) is 2. The molecule has 0 N–H and O–H groups in total. The first-order valence-electron chi connectivity index (χ1n) is 3.31. The Morgan fingerprint density at radius 1 is 1.25 bits per heavy atom. The Morgan fingerprint density at radius 2 is 1.67 bits per heavy atom. The average molecular weight is 168 g/mol. The van der Waals surface area contributed by atoms with Gasteiger partial charge >= 0.3 is 6.03 Å². The summed E-state index contributed by atoms with van der Waals surface area (Å²) in [6, 6.07) is -0.616. The topological polar surface area (TPSA) is 57.7 Å². The molecule has 1 aliphatic rings. The molecule has 0 fully saturated rings. The fraction of sp³-hybridized carbons (Fsp3) is 0.286. The average Bonchev–Trinajstić information content (AvgIpc) is 2.30. The first-order valence-corrected chi connectivity index (χ1v) is 3.31. The largest absolute Gasteiger partial charge is 0.333 e. The molecule has 0 unspecified atom stereocenters. The van der Waals surface area contributed by atoms with Gasteiger partial charge in [0.05, 0.1) is 0 Å². The number of imide groups is 3. The van der Waals surface area contributed by atoms with E-state index in [2.05, 4.69) is 0 Å². The van der Waals surface area contributed by atoms with Crippen molar-refractivity contribution in [1.29, 1.82) is 0 Å². The van der Waals surface area contributed by atoms with Gasteiger partial charge in [-0.15, -0.1) is 0 Å². The van der Waals surface area contributed by atoms with E-state index in [1.807, 2.05) is 0 Å². The molecule has 0 aliphatic carbocycles. The summed E-state index contributed by atoms with van der Waals surface area (Å²) in [5.41, 5.74) is 0. The standard InChI is InChI=1S/C7H8N2O3/c1-8(2)7(12)9-5(10)3-4-6(9)11/h3-4H,1-2H3. The van der Waals surface area contributed by atoms with Gasteiger partial charge in [0.1, 0.15) is 0 Å². The van der Waals surface area contributed by atoms with Crippen molar-refractivity contribution in [2.24, 2.45) is 0 Å². The maximum Gasteiger partial charge on any atom is 0.333 e. The summed E-state index contributed by atoms with van der Waals surface area (Å²) in [4.78, 5) is 34.7. The van der Waals surface area contributed by atoms with Gasteiger partial charge in [-0.25, -0.2) is 4.79 Å². The predicted octanol–water partition coefficient (Wildman–Crippen LogP) is -0.407. The Kier molecular flexibility index (Phi) is 1.95. The predicted molar refractivity (Wildman–Crippen MR) is 40.1 cm³/mol. The highest BCUT2D eigenvalue weighted by Gasteiger charge is 2.30. The van der Waals surface area contributed by atoms with Gasteiger partial charge in [0.15, 0.2) is 0 Å². The Labute approximate surface area is 69.2 Å². The molecule has 5 heteroatoms. The lowest BCUT2D eigenvalue weighted by Crippen LogP contribution is -2.42. The smallest absolute Gasteiger partial charge is 0.330 e. The van der Waals surface area contributed by atoms with Crippen LogP contribution in [-0.4, -0.2) is 41.7 Å². The normalized spacial score (nSPS) is 15.7. The quantitative estimate of drug-likeness (QED) is 0.462. The molecule has 0 spiro atoms. The van der Waals surface area contributed by atoms with Gasteiger partial charge in [0.25, 0.3) is 11.8 Å². The fourth-order valence-corrected chi connectivity index (χ4v) is 0.789. The lowest BCUT2D eigenvalue weighted by Gasteiger charge is -2.16. The third-order valence-corrected chi connectivity index (χ3v) is 1.38. The van der Waals surface area contributed by atoms with Crippen LogP contribution in [0.1, 0.15) is 0 Å². The molecule has 0 atom stereocenters. The molecule has 0 bridgehead atoms. The van der Waals surface area contributed by atoms with Crippen molar-refractivity contribution in [2.75, 3.05) is 14.1 Å². The van der Waals surface area contributed by atoms with Crippen molar-refractivity contribution in [2.45, 2.75) is 0 Å². The number of hydrogen-bond donors (Lipinski definition) is 0. The van der Waals surface area contributed by atoms with Crippen LogP contribution in [0.5, 0.6) is 0 Å². The summed E-state index contributed by atoms with van der Waals surface area (Å²) < 4.78 is 0. The van der Waals surface area contributed by atoms with Crippen LogP contribution in [0, 0.1) is 0 Å². The molecule has 0 aromatic rings. The van der Waals surface area contributed by atoms with Crippen molar-refractivity contribution in [1.82, 2.24) is 9.80 Å². The molecule has 0 saturated carbocycles. The van der Waals surface area contributed by atoms with Crippen molar-refractivity contribution in [3.05, 3.63) is 12.2 Å². The van der Waals surface area contributed by atoms with Crippen LogP contribution in [0.4, 0.5) is 4.79 Å². The molecule has 12 heavy (non-hydrogen) atoms. The number of urea groups is 1. The summed E-state index contributed by atoms with van der Waals surface area (Å²) in [7, 11) is 2.95. The van der Waals surface area contributed by atoms with Gasteiger partial charge in [-0.05, 0) is 0 Å². The number of rotatable bonds is 0. The summed E-state index contributed by atoms with van der Waals surface area (Å²) in [6.07, 6.45) is 2.15. The van der Waals surface area contributed by atoms with E-state index in [9.17, 15) is 14.4 Å². The van der Waals surface area contributed by atoms with Crippen LogP contribution in [-0.2, 0) is 9.59 Å². The zero-order chi connectivity index (χ0) is 9.30. The molecular weight excluding hydrogens is 160 g/mol. The second-order valence-electron chi connectivity index (χ2n) is 2.52. The van der Waals surface area contributed by atoms with Gasteiger partial charge in [-0.2, -0.15) is 4.90 Å². The summed E-state index contributed by atoms with van der Waals surface area (Å²) >= 11 is 0. The van der Waals surface area contributed by atoms with E-state index >= 15 is 0 Å². The van der Waals surface area contributed by atoms with Crippen LogP contribution in [0.2, 0.25) is 0 Å². The Balaban J connectivity index is 2.84. The van der Waals surface area contributed by atoms with Crippen molar-refractivity contribution in [3.63, 3.8) is 0 Å². The first kappa shape index (κ1) is 8.45. The minimum Gasteiger partial charge on any atom is -0.330 e. The monoisotopic (exact) mass is 168 g/mol. The molecule has 5 nitrogen and oxygen atoms in total. The van der Waals surface area contributed by atoms with Gasteiger partial charge in [-0.3, -0.25) is 9.59 Å². The van der Waals surface area contributed by atoms with Crippen molar-refractivity contribution >= 4 is 17.8 Å². The highest BCUT2D eigenvalue weighted by molar-refractivity contribution is 6.22. The second-order valence-corrected chi connectivity index (χ2v) is 2.52. The molecular formula is C7H8N2O3. The van der Waals surface area contributed by atoms with Crippen LogP contribution >= 0.6 is 0 Å². The Morgan fingerprint density at radius 3 is 2.00 bits per heavy atom. The minimum absolute atomic E-state index is 0.583. The molecule has 1 aliphatic heterocycles. The molecule has 0 aromatic heterocycles. The highest BCUT2D eigenvalue weighted by Crippen LogP contribution is 2.05. The van der Waals surface area contributed by atoms with Crippen molar-refractivity contribution in [3.8, 4) is 0 Å². The van der Waals surface area contributed by atoms with E-state index in [1.54, 1.807) is 0 Å². The van der Waals surface area contributed by atoms with Gasteiger partial charge in [-0.1, -0.05) is 0 Å².